The van der Waals surface area contributed by atoms with Crippen LogP contribution in [0.25, 0.3) is 0 Å². The SMILES string of the molecule is CC1CCC(C(=O)c2ccc(Cl)c(N)c2)CC1C. The number of halogens is 1. The molecule has 18 heavy (non-hydrogen) atoms. The fourth-order valence-corrected chi connectivity index (χ4v) is 2.84. The van der Waals surface area contributed by atoms with E-state index < -0.39 is 0 Å². The van der Waals surface area contributed by atoms with Gasteiger partial charge in [-0.15, -0.1) is 0 Å². The van der Waals surface area contributed by atoms with Crippen molar-refractivity contribution in [3.05, 3.63) is 28.8 Å². The summed E-state index contributed by atoms with van der Waals surface area (Å²) in [5, 5.41) is 0.511. The number of hydrogen-bond donors (Lipinski definition) is 1. The summed E-state index contributed by atoms with van der Waals surface area (Å²) in [5.74, 6) is 1.72. The van der Waals surface area contributed by atoms with Gasteiger partial charge in [-0.1, -0.05) is 25.4 Å². The lowest BCUT2D eigenvalue weighted by Crippen LogP contribution is -2.26. The van der Waals surface area contributed by atoms with Gasteiger partial charge in [-0.25, -0.2) is 0 Å². The third-order valence-electron chi connectivity index (χ3n) is 4.25. The molecule has 98 valence electrons. The molecule has 1 aromatic rings. The molecule has 0 bridgehead atoms. The van der Waals surface area contributed by atoms with Crippen LogP contribution >= 0.6 is 11.6 Å². The molecule has 2 nitrogen and oxygen atoms in total. The van der Waals surface area contributed by atoms with Crippen molar-refractivity contribution in [3.8, 4) is 0 Å². The molecule has 3 unspecified atom stereocenters. The Labute approximate surface area is 114 Å². The molecular formula is C15H20ClNO. The van der Waals surface area contributed by atoms with Crippen molar-refractivity contribution in [2.45, 2.75) is 33.1 Å². The van der Waals surface area contributed by atoms with Crippen molar-refractivity contribution in [1.29, 1.82) is 0 Å². The van der Waals surface area contributed by atoms with Crippen LogP contribution in [0.4, 0.5) is 5.69 Å². The van der Waals surface area contributed by atoms with E-state index in [0.29, 0.717) is 22.2 Å². The second-order valence-corrected chi connectivity index (χ2v) is 5.97. The zero-order valence-corrected chi connectivity index (χ0v) is 11.7. The molecule has 1 saturated carbocycles. The van der Waals surface area contributed by atoms with E-state index in [9.17, 15) is 4.79 Å². The quantitative estimate of drug-likeness (QED) is 0.644. The van der Waals surface area contributed by atoms with Crippen LogP contribution in [0.2, 0.25) is 5.02 Å². The van der Waals surface area contributed by atoms with Crippen LogP contribution in [-0.4, -0.2) is 5.78 Å². The highest BCUT2D eigenvalue weighted by atomic mass is 35.5. The molecule has 0 aliphatic heterocycles. The highest BCUT2D eigenvalue weighted by molar-refractivity contribution is 6.33. The van der Waals surface area contributed by atoms with Crippen molar-refractivity contribution < 1.29 is 4.79 Å². The number of benzene rings is 1. The number of nitrogens with two attached hydrogens (primary N) is 1. The summed E-state index contributed by atoms with van der Waals surface area (Å²) in [6, 6.07) is 5.19. The van der Waals surface area contributed by atoms with E-state index in [1.807, 2.05) is 0 Å². The number of carbonyl (C=O) groups excluding carboxylic acids is 1. The number of anilines is 1. The second kappa shape index (κ2) is 5.31. The summed E-state index contributed by atoms with van der Waals surface area (Å²) in [5.41, 5.74) is 6.94. The Morgan fingerprint density at radius 2 is 2.00 bits per heavy atom. The highest BCUT2D eigenvalue weighted by Gasteiger charge is 2.29. The maximum absolute atomic E-state index is 12.4. The first-order valence-corrected chi connectivity index (χ1v) is 6.96. The Bertz CT molecular complexity index is 458. The minimum Gasteiger partial charge on any atom is -0.398 e. The molecule has 0 aromatic heterocycles. The number of hydrogen-bond acceptors (Lipinski definition) is 2. The van der Waals surface area contributed by atoms with Gasteiger partial charge in [0.1, 0.15) is 0 Å². The van der Waals surface area contributed by atoms with Crippen molar-refractivity contribution >= 4 is 23.1 Å². The van der Waals surface area contributed by atoms with E-state index in [1.165, 1.54) is 0 Å². The third kappa shape index (κ3) is 2.69. The van der Waals surface area contributed by atoms with Gasteiger partial charge in [0.05, 0.1) is 10.7 Å². The first-order chi connectivity index (χ1) is 8.49. The lowest BCUT2D eigenvalue weighted by molar-refractivity contribution is 0.0837. The molecule has 1 aromatic carbocycles. The Morgan fingerprint density at radius 3 is 2.61 bits per heavy atom. The molecule has 2 N–H and O–H groups in total. The smallest absolute Gasteiger partial charge is 0.166 e. The van der Waals surface area contributed by atoms with Crippen molar-refractivity contribution in [2.75, 3.05) is 5.73 Å². The van der Waals surface area contributed by atoms with E-state index in [2.05, 4.69) is 13.8 Å². The lowest BCUT2D eigenvalue weighted by Gasteiger charge is -2.31. The predicted octanol–water partition coefficient (Wildman–Crippen LogP) is 4.18. The topological polar surface area (TPSA) is 43.1 Å². The molecule has 0 saturated heterocycles. The van der Waals surface area contributed by atoms with Crippen molar-refractivity contribution in [2.24, 2.45) is 17.8 Å². The highest BCUT2D eigenvalue weighted by Crippen LogP contribution is 2.35. The second-order valence-electron chi connectivity index (χ2n) is 5.57. The van der Waals surface area contributed by atoms with E-state index in [4.69, 9.17) is 17.3 Å². The first-order valence-electron chi connectivity index (χ1n) is 6.58. The molecular weight excluding hydrogens is 246 g/mol. The normalized spacial score (nSPS) is 28.1. The predicted molar refractivity (Wildman–Crippen MR) is 75.9 cm³/mol. The fourth-order valence-electron chi connectivity index (χ4n) is 2.72. The maximum atomic E-state index is 12.4. The van der Waals surface area contributed by atoms with Gasteiger partial charge >= 0.3 is 0 Å². The molecule has 0 spiro atoms. The van der Waals surface area contributed by atoms with Crippen LogP contribution in [0.1, 0.15) is 43.5 Å². The summed E-state index contributed by atoms with van der Waals surface area (Å²) in [6.07, 6.45) is 3.12. The van der Waals surface area contributed by atoms with E-state index in [0.717, 1.165) is 25.2 Å². The van der Waals surface area contributed by atoms with Gasteiger partial charge in [0.15, 0.2) is 5.78 Å². The largest absolute Gasteiger partial charge is 0.398 e. The lowest BCUT2D eigenvalue weighted by atomic mass is 9.73. The van der Waals surface area contributed by atoms with Gasteiger partial charge in [-0.05, 0) is 49.3 Å². The number of ketones is 1. The van der Waals surface area contributed by atoms with Gasteiger partial charge in [0, 0.05) is 11.5 Å². The van der Waals surface area contributed by atoms with Crippen LogP contribution < -0.4 is 5.73 Å². The van der Waals surface area contributed by atoms with Gasteiger partial charge in [0.25, 0.3) is 0 Å². The summed E-state index contributed by atoms with van der Waals surface area (Å²) in [6.45, 7) is 4.51. The van der Waals surface area contributed by atoms with E-state index in [1.54, 1.807) is 18.2 Å². The Kier molecular flexibility index (Phi) is 3.96. The molecule has 0 amide bonds. The average Bonchev–Trinajstić information content (AvgIpc) is 2.35. The standard InChI is InChI=1S/C15H20ClNO/c1-9-3-4-11(7-10(9)2)15(18)12-5-6-13(16)14(17)8-12/h5-6,8-11H,3-4,7,17H2,1-2H3. The van der Waals surface area contributed by atoms with Crippen LogP contribution in [0, 0.1) is 17.8 Å². The van der Waals surface area contributed by atoms with E-state index >= 15 is 0 Å². The molecule has 0 radical (unpaired) electrons. The third-order valence-corrected chi connectivity index (χ3v) is 4.59. The van der Waals surface area contributed by atoms with Crippen LogP contribution in [0.3, 0.4) is 0 Å². The molecule has 0 heterocycles. The van der Waals surface area contributed by atoms with Crippen molar-refractivity contribution in [1.82, 2.24) is 0 Å². The minimum absolute atomic E-state index is 0.150. The first kappa shape index (κ1) is 13.4. The zero-order valence-electron chi connectivity index (χ0n) is 10.9. The monoisotopic (exact) mass is 265 g/mol. The summed E-state index contributed by atoms with van der Waals surface area (Å²) < 4.78 is 0. The van der Waals surface area contributed by atoms with Crippen LogP contribution in [-0.2, 0) is 0 Å². The summed E-state index contributed by atoms with van der Waals surface area (Å²) in [4.78, 5) is 12.4. The molecule has 3 heteroatoms. The van der Waals surface area contributed by atoms with Gasteiger partial charge in [0.2, 0.25) is 0 Å². The fraction of sp³-hybridized carbons (Fsp3) is 0.533. The molecule has 2 rings (SSSR count). The zero-order chi connectivity index (χ0) is 13.3. The van der Waals surface area contributed by atoms with Crippen molar-refractivity contribution in [3.63, 3.8) is 0 Å². The van der Waals surface area contributed by atoms with E-state index in [-0.39, 0.29) is 11.7 Å². The number of nitrogen functional groups attached to an aromatic ring is 1. The minimum atomic E-state index is 0.150. The number of carbonyl (C=O) groups is 1. The molecule has 3 atom stereocenters. The molecule has 1 fully saturated rings. The number of rotatable bonds is 2. The molecule has 1 aliphatic rings. The van der Waals surface area contributed by atoms with Gasteiger partial charge in [-0.2, -0.15) is 0 Å². The summed E-state index contributed by atoms with van der Waals surface area (Å²) in [7, 11) is 0. The van der Waals surface area contributed by atoms with Gasteiger partial charge in [-0.3, -0.25) is 4.79 Å². The van der Waals surface area contributed by atoms with Crippen LogP contribution in [0.5, 0.6) is 0 Å². The molecule has 1 aliphatic carbocycles. The maximum Gasteiger partial charge on any atom is 0.166 e. The number of Topliss-reactive ketones (excluding diaryl/α,β-unsaturated/α-hetero) is 1. The summed E-state index contributed by atoms with van der Waals surface area (Å²) >= 11 is 5.88. The Balaban J connectivity index is 2.14. The Morgan fingerprint density at radius 1 is 1.28 bits per heavy atom. The van der Waals surface area contributed by atoms with Crippen LogP contribution in [0.15, 0.2) is 18.2 Å². The Hall–Kier alpha value is -1.02. The average molecular weight is 266 g/mol. The van der Waals surface area contributed by atoms with Gasteiger partial charge < -0.3 is 5.73 Å².